The van der Waals surface area contributed by atoms with Gasteiger partial charge in [-0.15, -0.1) is 0 Å². The van der Waals surface area contributed by atoms with Gasteiger partial charge in [0.2, 0.25) is 0 Å². The molecule has 5 nitrogen and oxygen atoms in total. The first kappa shape index (κ1) is 17.2. The van der Waals surface area contributed by atoms with Crippen molar-refractivity contribution >= 4 is 23.5 Å². The first-order chi connectivity index (χ1) is 12.6. The largest absolute Gasteiger partial charge is 0.348 e. The molecule has 0 spiro atoms. The molecule has 134 valence electrons. The molecule has 2 fully saturated rings. The Morgan fingerprint density at radius 1 is 1.15 bits per heavy atom. The highest BCUT2D eigenvalue weighted by atomic mass is 32.2. The summed E-state index contributed by atoms with van der Waals surface area (Å²) < 4.78 is 0. The number of amides is 1. The van der Waals surface area contributed by atoms with Crippen LogP contribution in [0.4, 0.5) is 0 Å². The van der Waals surface area contributed by atoms with Crippen molar-refractivity contribution in [2.75, 3.05) is 0 Å². The van der Waals surface area contributed by atoms with Crippen molar-refractivity contribution in [2.24, 2.45) is 0 Å². The molecule has 2 bridgehead atoms. The van der Waals surface area contributed by atoms with E-state index >= 15 is 0 Å². The van der Waals surface area contributed by atoms with Crippen molar-refractivity contribution in [3.05, 3.63) is 53.9 Å². The van der Waals surface area contributed by atoms with Crippen LogP contribution in [0.15, 0.2) is 52.4 Å². The van der Waals surface area contributed by atoms with Crippen molar-refractivity contribution in [3.8, 4) is 0 Å². The molecule has 6 heteroatoms. The number of Topliss-reactive ketones (excluding diaryl/α,β-unsaturated/α-hetero) is 1. The summed E-state index contributed by atoms with van der Waals surface area (Å²) in [5, 5.41) is 6.70. The van der Waals surface area contributed by atoms with Gasteiger partial charge in [0.1, 0.15) is 5.69 Å². The maximum absolute atomic E-state index is 12.5. The molecule has 3 atom stereocenters. The average molecular weight is 367 g/mol. The number of hydrogen-bond acceptors (Lipinski definition) is 5. The number of rotatable bonds is 5. The summed E-state index contributed by atoms with van der Waals surface area (Å²) in [6.45, 7) is 1.51. The van der Waals surface area contributed by atoms with Crippen LogP contribution < -0.4 is 10.6 Å². The van der Waals surface area contributed by atoms with Crippen LogP contribution in [0.5, 0.6) is 0 Å². The second kappa shape index (κ2) is 7.21. The molecule has 2 aliphatic heterocycles. The summed E-state index contributed by atoms with van der Waals surface area (Å²) in [4.78, 5) is 29.9. The molecule has 3 heterocycles. The molecule has 2 aromatic rings. The van der Waals surface area contributed by atoms with Gasteiger partial charge in [-0.3, -0.25) is 14.6 Å². The van der Waals surface area contributed by atoms with Gasteiger partial charge in [0, 0.05) is 46.6 Å². The summed E-state index contributed by atoms with van der Waals surface area (Å²) in [6, 6.07) is 12.5. The molecule has 1 aromatic heterocycles. The smallest absolute Gasteiger partial charge is 0.251 e. The van der Waals surface area contributed by atoms with Crippen molar-refractivity contribution in [1.29, 1.82) is 0 Å². The van der Waals surface area contributed by atoms with E-state index in [9.17, 15) is 9.59 Å². The number of fused-ring (bicyclic) bond motifs is 2. The molecule has 1 aromatic carbocycles. The molecule has 4 rings (SSSR count). The standard InChI is InChI=1S/C20H21N3O2S/c1-12(24)18-11-16(8-9-21-18)26-15-5-2-13(3-6-15)20(25)23-19-10-14-4-7-17(19)22-14/h2-3,5-6,8-9,11,14,17,19,22H,4,7,10H2,1H3,(H,23,25). The van der Waals surface area contributed by atoms with Crippen molar-refractivity contribution in [3.63, 3.8) is 0 Å². The zero-order valence-corrected chi connectivity index (χ0v) is 15.4. The third-order valence-electron chi connectivity index (χ3n) is 5.06. The van der Waals surface area contributed by atoms with Crippen LogP contribution in [0.1, 0.15) is 47.0 Å². The fourth-order valence-corrected chi connectivity index (χ4v) is 4.56. The van der Waals surface area contributed by atoms with Gasteiger partial charge in [0.05, 0.1) is 0 Å². The first-order valence-electron chi connectivity index (χ1n) is 8.90. The third-order valence-corrected chi connectivity index (χ3v) is 6.06. The number of hydrogen-bond donors (Lipinski definition) is 2. The quantitative estimate of drug-likeness (QED) is 0.795. The van der Waals surface area contributed by atoms with Gasteiger partial charge in [0.15, 0.2) is 5.78 Å². The Kier molecular flexibility index (Phi) is 4.78. The summed E-state index contributed by atoms with van der Waals surface area (Å²) >= 11 is 1.55. The molecular weight excluding hydrogens is 346 g/mol. The van der Waals surface area contributed by atoms with E-state index in [2.05, 4.69) is 15.6 Å². The fraction of sp³-hybridized carbons (Fsp3) is 0.350. The number of benzene rings is 1. The molecule has 1 amide bonds. The van der Waals surface area contributed by atoms with Gasteiger partial charge in [-0.05, 0) is 55.7 Å². The second-order valence-electron chi connectivity index (χ2n) is 6.92. The van der Waals surface area contributed by atoms with Gasteiger partial charge in [-0.2, -0.15) is 0 Å². The zero-order valence-electron chi connectivity index (χ0n) is 14.6. The Labute approximate surface area is 157 Å². The highest BCUT2D eigenvalue weighted by Crippen LogP contribution is 2.29. The van der Waals surface area contributed by atoms with Crippen LogP contribution >= 0.6 is 11.8 Å². The van der Waals surface area contributed by atoms with Gasteiger partial charge in [-0.25, -0.2) is 0 Å². The Hall–Kier alpha value is -2.18. The Balaban J connectivity index is 1.39. The molecule has 0 radical (unpaired) electrons. The summed E-state index contributed by atoms with van der Waals surface area (Å²) in [5.74, 6) is -0.0572. The monoisotopic (exact) mass is 367 g/mol. The summed E-state index contributed by atoms with van der Waals surface area (Å²) in [6.07, 6.45) is 5.05. The molecule has 0 aliphatic carbocycles. The van der Waals surface area contributed by atoms with Crippen LogP contribution in [0.3, 0.4) is 0 Å². The molecule has 3 unspecified atom stereocenters. The topological polar surface area (TPSA) is 71.1 Å². The first-order valence-corrected chi connectivity index (χ1v) is 9.72. The van der Waals surface area contributed by atoms with E-state index in [0.29, 0.717) is 23.3 Å². The van der Waals surface area contributed by atoms with Crippen molar-refractivity contribution in [2.45, 2.75) is 54.1 Å². The lowest BCUT2D eigenvalue weighted by Gasteiger charge is -2.21. The summed E-state index contributed by atoms with van der Waals surface area (Å²) in [5.41, 5.74) is 1.14. The highest BCUT2D eigenvalue weighted by molar-refractivity contribution is 7.99. The molecule has 26 heavy (non-hydrogen) atoms. The van der Waals surface area contributed by atoms with Gasteiger partial charge in [0.25, 0.3) is 5.91 Å². The van der Waals surface area contributed by atoms with E-state index in [-0.39, 0.29) is 17.7 Å². The maximum atomic E-state index is 12.5. The maximum Gasteiger partial charge on any atom is 0.251 e. The molecule has 0 saturated carbocycles. The Morgan fingerprint density at radius 3 is 2.62 bits per heavy atom. The van der Waals surface area contributed by atoms with Crippen molar-refractivity contribution in [1.82, 2.24) is 15.6 Å². The van der Waals surface area contributed by atoms with Crippen LogP contribution in [0.25, 0.3) is 0 Å². The highest BCUT2D eigenvalue weighted by Gasteiger charge is 2.39. The minimum atomic E-state index is -0.0467. The van der Waals surface area contributed by atoms with Crippen LogP contribution in [0.2, 0.25) is 0 Å². The number of nitrogens with one attached hydrogen (secondary N) is 2. The van der Waals surface area contributed by atoms with E-state index in [1.54, 1.807) is 24.0 Å². The van der Waals surface area contributed by atoms with Crippen molar-refractivity contribution < 1.29 is 9.59 Å². The zero-order chi connectivity index (χ0) is 18.1. The van der Waals surface area contributed by atoms with E-state index in [1.165, 1.54) is 13.3 Å². The number of ketones is 1. The fourth-order valence-electron chi connectivity index (χ4n) is 3.71. The Morgan fingerprint density at radius 2 is 1.96 bits per heavy atom. The van der Waals surface area contributed by atoms with Crippen LogP contribution in [0, 0.1) is 0 Å². The average Bonchev–Trinajstić information content (AvgIpc) is 3.25. The van der Waals surface area contributed by atoms with Gasteiger partial charge in [-0.1, -0.05) is 11.8 Å². The number of pyridine rings is 1. The second-order valence-corrected chi connectivity index (χ2v) is 8.07. The summed E-state index contributed by atoms with van der Waals surface area (Å²) in [7, 11) is 0. The molecule has 2 saturated heterocycles. The predicted molar refractivity (Wildman–Crippen MR) is 101 cm³/mol. The number of carbonyl (C=O) groups is 2. The van der Waals surface area contributed by atoms with E-state index < -0.39 is 0 Å². The lowest BCUT2D eigenvalue weighted by Crippen LogP contribution is -2.42. The predicted octanol–water partition coefficient (Wildman–Crippen LogP) is 3.06. The van der Waals surface area contributed by atoms with Crippen LogP contribution in [-0.4, -0.2) is 34.8 Å². The number of carbonyl (C=O) groups excluding carboxylic acids is 2. The lowest BCUT2D eigenvalue weighted by atomic mass is 9.95. The van der Waals surface area contributed by atoms with Gasteiger partial charge >= 0.3 is 0 Å². The molecule has 2 N–H and O–H groups in total. The molecular formula is C20H21N3O2S. The normalized spacial score (nSPS) is 23.8. The molecule has 2 aliphatic rings. The van der Waals surface area contributed by atoms with E-state index in [4.69, 9.17) is 0 Å². The third kappa shape index (κ3) is 3.66. The lowest BCUT2D eigenvalue weighted by molar-refractivity contribution is 0.0930. The number of aromatic nitrogens is 1. The van der Waals surface area contributed by atoms with Crippen LogP contribution in [-0.2, 0) is 0 Å². The van der Waals surface area contributed by atoms with Gasteiger partial charge < -0.3 is 10.6 Å². The van der Waals surface area contributed by atoms with E-state index in [0.717, 1.165) is 22.6 Å². The minimum Gasteiger partial charge on any atom is -0.348 e. The number of nitrogens with zero attached hydrogens (tertiary/aromatic N) is 1. The Bertz CT molecular complexity index is 837. The SMILES string of the molecule is CC(=O)c1cc(Sc2ccc(C(=O)NC3CC4CCC3N4)cc2)ccn1. The minimum absolute atomic E-state index is 0.0105. The van der Waals surface area contributed by atoms with E-state index in [1.807, 2.05) is 30.3 Å².